The van der Waals surface area contributed by atoms with Crippen LogP contribution in [0, 0.1) is 19.7 Å². The number of aryl methyl sites for hydroxylation is 1. The zero-order valence-corrected chi connectivity index (χ0v) is 10.1. The number of benzene rings is 1. The minimum Gasteiger partial charge on any atom is -0.409 e. The van der Waals surface area contributed by atoms with Gasteiger partial charge in [-0.25, -0.2) is 9.37 Å². The molecule has 0 bridgehead atoms. The highest BCUT2D eigenvalue weighted by molar-refractivity contribution is 6.00. The molecule has 2 rings (SSSR count). The van der Waals surface area contributed by atoms with Crippen molar-refractivity contribution >= 4 is 5.84 Å². The first-order chi connectivity index (χ1) is 8.54. The Kier molecular flexibility index (Phi) is 3.01. The van der Waals surface area contributed by atoms with E-state index < -0.39 is 5.82 Å². The number of oxime groups is 1. The predicted octanol–water partition coefficient (Wildman–Crippen LogP) is 1.72. The van der Waals surface area contributed by atoms with Crippen molar-refractivity contribution in [3.05, 3.63) is 47.3 Å². The largest absolute Gasteiger partial charge is 0.409 e. The lowest BCUT2D eigenvalue weighted by molar-refractivity contribution is 0.318. The zero-order valence-electron chi connectivity index (χ0n) is 10.1. The Morgan fingerprint density at radius 3 is 2.72 bits per heavy atom. The van der Waals surface area contributed by atoms with Crippen molar-refractivity contribution in [2.75, 3.05) is 0 Å². The lowest BCUT2D eigenvalue weighted by Crippen LogP contribution is -2.17. The molecule has 0 radical (unpaired) electrons. The molecule has 0 atom stereocenters. The molecule has 0 saturated carbocycles. The van der Waals surface area contributed by atoms with Crippen LogP contribution in [0.5, 0.6) is 0 Å². The van der Waals surface area contributed by atoms with E-state index in [9.17, 15) is 4.39 Å². The van der Waals surface area contributed by atoms with Gasteiger partial charge in [0.1, 0.15) is 5.82 Å². The van der Waals surface area contributed by atoms with Crippen LogP contribution in [-0.2, 0) is 0 Å². The van der Waals surface area contributed by atoms with Crippen LogP contribution in [0.3, 0.4) is 0 Å². The monoisotopic (exact) mass is 248 g/mol. The van der Waals surface area contributed by atoms with Crippen LogP contribution in [-0.4, -0.2) is 20.6 Å². The maximum absolute atomic E-state index is 13.2. The Hall–Kier alpha value is -2.37. The number of hydrogen-bond acceptors (Lipinski definition) is 3. The molecule has 1 aromatic carbocycles. The zero-order chi connectivity index (χ0) is 13.3. The summed E-state index contributed by atoms with van der Waals surface area (Å²) < 4.78 is 15.0. The first-order valence-electron chi connectivity index (χ1n) is 5.33. The van der Waals surface area contributed by atoms with Gasteiger partial charge in [-0.2, -0.15) is 0 Å². The van der Waals surface area contributed by atoms with Crippen LogP contribution >= 0.6 is 0 Å². The van der Waals surface area contributed by atoms with Crippen molar-refractivity contribution in [2.45, 2.75) is 13.8 Å². The van der Waals surface area contributed by atoms with E-state index in [2.05, 4.69) is 10.1 Å². The highest BCUT2D eigenvalue weighted by atomic mass is 19.1. The minimum absolute atomic E-state index is 0.143. The van der Waals surface area contributed by atoms with Gasteiger partial charge in [0.2, 0.25) is 0 Å². The van der Waals surface area contributed by atoms with Gasteiger partial charge in [0.25, 0.3) is 0 Å². The van der Waals surface area contributed by atoms with Crippen LogP contribution in [0.15, 0.2) is 29.7 Å². The van der Waals surface area contributed by atoms with Gasteiger partial charge in [0.05, 0.1) is 17.7 Å². The average Bonchev–Trinajstić information content (AvgIpc) is 2.69. The van der Waals surface area contributed by atoms with Crippen LogP contribution in [0.25, 0.3) is 5.69 Å². The molecule has 0 aliphatic heterocycles. The van der Waals surface area contributed by atoms with Gasteiger partial charge in [-0.1, -0.05) is 5.16 Å². The molecule has 0 aliphatic carbocycles. The lowest BCUT2D eigenvalue weighted by Gasteiger charge is -2.11. The highest BCUT2D eigenvalue weighted by Crippen LogP contribution is 2.19. The van der Waals surface area contributed by atoms with Crippen LogP contribution in [0.4, 0.5) is 4.39 Å². The SMILES string of the molecule is Cc1ncn(-c2ccc(F)cc2C(N)=NO)c1C. The summed E-state index contributed by atoms with van der Waals surface area (Å²) in [5.74, 6) is -0.593. The van der Waals surface area contributed by atoms with Crippen molar-refractivity contribution < 1.29 is 9.60 Å². The normalized spacial score (nSPS) is 11.8. The second-order valence-corrected chi connectivity index (χ2v) is 3.93. The van der Waals surface area contributed by atoms with Crippen molar-refractivity contribution in [1.82, 2.24) is 9.55 Å². The van der Waals surface area contributed by atoms with E-state index in [1.807, 2.05) is 13.8 Å². The second-order valence-electron chi connectivity index (χ2n) is 3.93. The standard InChI is InChI=1S/C12H13FN4O/c1-7-8(2)17(6-15-7)11-4-3-9(13)5-10(11)12(14)16-18/h3-6,18H,1-2H3,(H2,14,16). The Balaban J connectivity index is 2.68. The number of hydrogen-bond donors (Lipinski definition) is 2. The first kappa shape index (κ1) is 12.1. The third-order valence-electron chi connectivity index (χ3n) is 2.85. The van der Waals surface area contributed by atoms with Crippen LogP contribution in [0.1, 0.15) is 17.0 Å². The Bertz CT molecular complexity index is 619. The molecule has 0 amide bonds. The molecule has 2 aromatic rings. The molecular weight excluding hydrogens is 235 g/mol. The number of amidine groups is 1. The van der Waals surface area contributed by atoms with E-state index in [1.54, 1.807) is 17.0 Å². The molecule has 5 nitrogen and oxygen atoms in total. The van der Waals surface area contributed by atoms with Gasteiger partial charge >= 0.3 is 0 Å². The molecule has 0 saturated heterocycles. The lowest BCUT2D eigenvalue weighted by atomic mass is 10.1. The van der Waals surface area contributed by atoms with Crippen molar-refractivity contribution in [1.29, 1.82) is 0 Å². The molecule has 6 heteroatoms. The fraction of sp³-hybridized carbons (Fsp3) is 0.167. The molecule has 0 aliphatic rings. The van der Waals surface area contributed by atoms with Crippen LogP contribution < -0.4 is 5.73 Å². The summed E-state index contributed by atoms with van der Waals surface area (Å²) in [4.78, 5) is 4.17. The molecule has 1 aromatic heterocycles. The smallest absolute Gasteiger partial charge is 0.172 e. The molecule has 0 unspecified atom stereocenters. The third-order valence-corrected chi connectivity index (χ3v) is 2.85. The van der Waals surface area contributed by atoms with Crippen LogP contribution in [0.2, 0.25) is 0 Å². The van der Waals surface area contributed by atoms with Crippen molar-refractivity contribution in [2.24, 2.45) is 10.9 Å². The fourth-order valence-corrected chi connectivity index (χ4v) is 1.72. The molecule has 94 valence electrons. The number of aromatic nitrogens is 2. The Morgan fingerprint density at radius 2 is 2.17 bits per heavy atom. The van der Waals surface area contributed by atoms with E-state index in [4.69, 9.17) is 10.9 Å². The van der Waals surface area contributed by atoms with Gasteiger partial charge in [-0.15, -0.1) is 0 Å². The highest BCUT2D eigenvalue weighted by Gasteiger charge is 2.13. The quantitative estimate of drug-likeness (QED) is 0.368. The summed E-state index contributed by atoms with van der Waals surface area (Å²) in [5.41, 5.74) is 8.27. The molecule has 3 N–H and O–H groups in total. The molecule has 0 fully saturated rings. The summed E-state index contributed by atoms with van der Waals surface area (Å²) >= 11 is 0. The summed E-state index contributed by atoms with van der Waals surface area (Å²) in [5, 5.41) is 11.7. The summed E-state index contributed by atoms with van der Waals surface area (Å²) in [7, 11) is 0. The fourth-order valence-electron chi connectivity index (χ4n) is 1.72. The van der Waals surface area contributed by atoms with E-state index in [0.29, 0.717) is 11.3 Å². The third kappa shape index (κ3) is 1.92. The van der Waals surface area contributed by atoms with Gasteiger partial charge in [0, 0.05) is 11.3 Å². The molecule has 1 heterocycles. The Morgan fingerprint density at radius 1 is 1.44 bits per heavy atom. The average molecular weight is 248 g/mol. The predicted molar refractivity (Wildman–Crippen MR) is 65.5 cm³/mol. The van der Waals surface area contributed by atoms with Gasteiger partial charge in [0.15, 0.2) is 5.84 Å². The Labute approximate surface area is 103 Å². The van der Waals surface area contributed by atoms with Gasteiger partial charge < -0.3 is 15.5 Å². The minimum atomic E-state index is -0.449. The maximum atomic E-state index is 13.2. The number of halogens is 1. The first-order valence-corrected chi connectivity index (χ1v) is 5.33. The topological polar surface area (TPSA) is 76.4 Å². The summed E-state index contributed by atoms with van der Waals surface area (Å²) in [6.45, 7) is 3.76. The molecule has 0 spiro atoms. The molecular formula is C12H13FN4O. The van der Waals surface area contributed by atoms with E-state index in [1.165, 1.54) is 12.1 Å². The van der Waals surface area contributed by atoms with E-state index in [0.717, 1.165) is 11.4 Å². The summed E-state index contributed by atoms with van der Waals surface area (Å²) in [6.07, 6.45) is 1.62. The number of nitrogens with zero attached hydrogens (tertiary/aromatic N) is 3. The van der Waals surface area contributed by atoms with Gasteiger partial charge in [-0.3, -0.25) is 0 Å². The maximum Gasteiger partial charge on any atom is 0.172 e. The summed E-state index contributed by atoms with van der Waals surface area (Å²) in [6, 6.07) is 4.11. The number of rotatable bonds is 2. The number of imidazole rings is 1. The van der Waals surface area contributed by atoms with Crippen molar-refractivity contribution in [3.63, 3.8) is 0 Å². The van der Waals surface area contributed by atoms with Gasteiger partial charge in [-0.05, 0) is 32.0 Å². The number of nitrogens with two attached hydrogens (primary N) is 1. The van der Waals surface area contributed by atoms with E-state index >= 15 is 0 Å². The van der Waals surface area contributed by atoms with E-state index in [-0.39, 0.29) is 5.84 Å². The second kappa shape index (κ2) is 4.48. The molecule has 18 heavy (non-hydrogen) atoms. The van der Waals surface area contributed by atoms with Crippen molar-refractivity contribution in [3.8, 4) is 5.69 Å².